The SMILES string of the molecule is C[C@@H]1C[C@@H](C)CN(c2ncc3c(n2)C[C@@H](/C=C/c2ccccc2)CC3=O)C1. The maximum Gasteiger partial charge on any atom is 0.225 e. The maximum atomic E-state index is 12.6. The topological polar surface area (TPSA) is 46.1 Å². The number of aromatic nitrogens is 2. The van der Waals surface area contributed by atoms with E-state index in [1.807, 2.05) is 18.2 Å². The number of carbonyl (C=O) groups is 1. The van der Waals surface area contributed by atoms with Crippen molar-refractivity contribution in [1.29, 1.82) is 0 Å². The van der Waals surface area contributed by atoms with Crippen molar-refractivity contribution in [3.8, 4) is 0 Å². The monoisotopic (exact) mass is 361 g/mol. The molecule has 2 aromatic rings. The Balaban J connectivity index is 1.54. The number of hydrogen-bond acceptors (Lipinski definition) is 4. The van der Waals surface area contributed by atoms with E-state index in [4.69, 9.17) is 4.98 Å². The van der Waals surface area contributed by atoms with E-state index < -0.39 is 0 Å². The van der Waals surface area contributed by atoms with Crippen molar-refractivity contribution < 1.29 is 4.79 Å². The van der Waals surface area contributed by atoms with Crippen molar-refractivity contribution in [2.24, 2.45) is 17.8 Å². The molecule has 27 heavy (non-hydrogen) atoms. The fourth-order valence-electron chi connectivity index (χ4n) is 4.39. The summed E-state index contributed by atoms with van der Waals surface area (Å²) in [7, 11) is 0. The zero-order chi connectivity index (χ0) is 18.8. The third-order valence-electron chi connectivity index (χ3n) is 5.57. The van der Waals surface area contributed by atoms with Crippen LogP contribution in [0.5, 0.6) is 0 Å². The molecular formula is C23H27N3O. The molecule has 0 N–H and O–H groups in total. The Morgan fingerprint density at radius 2 is 1.81 bits per heavy atom. The number of fused-ring (bicyclic) bond motifs is 1. The molecule has 3 atom stereocenters. The van der Waals surface area contributed by atoms with Crippen LogP contribution in [-0.2, 0) is 6.42 Å². The molecule has 1 aromatic heterocycles. The lowest BCUT2D eigenvalue weighted by atomic mass is 9.86. The van der Waals surface area contributed by atoms with E-state index in [1.165, 1.54) is 6.42 Å². The summed E-state index contributed by atoms with van der Waals surface area (Å²) in [5.74, 6) is 2.44. The van der Waals surface area contributed by atoms with Crippen LogP contribution in [0.15, 0.2) is 42.6 Å². The largest absolute Gasteiger partial charge is 0.340 e. The molecule has 140 valence electrons. The molecule has 0 bridgehead atoms. The second-order valence-electron chi connectivity index (χ2n) is 8.24. The Bertz CT molecular complexity index is 836. The van der Waals surface area contributed by atoms with Crippen LogP contribution in [0.25, 0.3) is 6.08 Å². The average molecular weight is 361 g/mol. The van der Waals surface area contributed by atoms with E-state index in [9.17, 15) is 4.79 Å². The van der Waals surface area contributed by atoms with Crippen molar-refractivity contribution >= 4 is 17.8 Å². The maximum absolute atomic E-state index is 12.6. The van der Waals surface area contributed by atoms with Gasteiger partial charge in [0, 0.05) is 25.7 Å². The van der Waals surface area contributed by atoms with Gasteiger partial charge in [0.2, 0.25) is 5.95 Å². The van der Waals surface area contributed by atoms with Crippen LogP contribution >= 0.6 is 0 Å². The Labute approximate surface area is 161 Å². The van der Waals surface area contributed by atoms with Crippen LogP contribution in [0.1, 0.15) is 48.3 Å². The van der Waals surface area contributed by atoms with Gasteiger partial charge >= 0.3 is 0 Å². The highest BCUT2D eigenvalue weighted by Crippen LogP contribution is 2.29. The summed E-state index contributed by atoms with van der Waals surface area (Å²) in [4.78, 5) is 24.2. The predicted octanol–water partition coefficient (Wildman–Crippen LogP) is 4.42. The number of ketones is 1. The van der Waals surface area contributed by atoms with Gasteiger partial charge in [-0.15, -0.1) is 0 Å². The number of allylic oxidation sites excluding steroid dienone is 1. The minimum Gasteiger partial charge on any atom is -0.340 e. The molecule has 0 radical (unpaired) electrons. The van der Waals surface area contributed by atoms with Crippen molar-refractivity contribution in [1.82, 2.24) is 9.97 Å². The molecule has 4 heteroatoms. The quantitative estimate of drug-likeness (QED) is 0.812. The summed E-state index contributed by atoms with van der Waals surface area (Å²) in [5.41, 5.74) is 2.78. The molecule has 0 unspecified atom stereocenters. The van der Waals surface area contributed by atoms with Crippen molar-refractivity contribution in [3.05, 3.63) is 59.4 Å². The minimum absolute atomic E-state index is 0.158. The molecule has 1 aromatic carbocycles. The highest BCUT2D eigenvalue weighted by atomic mass is 16.1. The Hall–Kier alpha value is -2.49. The molecule has 1 aliphatic carbocycles. The highest BCUT2D eigenvalue weighted by molar-refractivity contribution is 5.98. The van der Waals surface area contributed by atoms with Crippen LogP contribution in [0.4, 0.5) is 5.95 Å². The molecule has 0 spiro atoms. The number of Topliss-reactive ketones (excluding diaryl/α,β-unsaturated/α-hetero) is 1. The molecule has 1 aliphatic heterocycles. The first-order valence-corrected chi connectivity index (χ1v) is 9.96. The molecule has 1 saturated heterocycles. The number of piperidine rings is 1. The number of benzene rings is 1. The summed E-state index contributed by atoms with van der Waals surface area (Å²) >= 11 is 0. The number of rotatable bonds is 3. The Morgan fingerprint density at radius 1 is 1.07 bits per heavy atom. The first kappa shape index (κ1) is 17.9. The Kier molecular flexibility index (Phi) is 5.06. The second-order valence-corrected chi connectivity index (χ2v) is 8.24. The van der Waals surface area contributed by atoms with E-state index in [2.05, 4.69) is 48.0 Å². The number of nitrogens with zero attached hydrogens (tertiary/aromatic N) is 3. The van der Waals surface area contributed by atoms with Crippen LogP contribution in [0.3, 0.4) is 0 Å². The van der Waals surface area contributed by atoms with Gasteiger partial charge in [-0.25, -0.2) is 9.97 Å². The normalized spacial score (nSPS) is 25.6. The first-order chi connectivity index (χ1) is 13.1. The molecule has 2 heterocycles. The molecular weight excluding hydrogens is 334 g/mol. The van der Waals surface area contributed by atoms with Gasteiger partial charge in [0.05, 0.1) is 11.3 Å². The van der Waals surface area contributed by atoms with Crippen molar-refractivity contribution in [2.45, 2.75) is 33.1 Å². The van der Waals surface area contributed by atoms with Crippen molar-refractivity contribution in [3.63, 3.8) is 0 Å². The standard InChI is InChI=1S/C23H27N3O/c1-16-10-17(2)15-26(14-16)23-24-13-20-21(25-23)11-19(12-22(20)27)9-8-18-6-4-3-5-7-18/h3-9,13,16-17,19H,10-12,14-15H2,1-2H3/b9-8+/t16-,17-,19-/m1/s1. The van der Waals surface area contributed by atoms with Gasteiger partial charge in [-0.05, 0) is 36.2 Å². The third-order valence-corrected chi connectivity index (χ3v) is 5.57. The van der Waals surface area contributed by atoms with Crippen molar-refractivity contribution in [2.75, 3.05) is 18.0 Å². The highest BCUT2D eigenvalue weighted by Gasteiger charge is 2.28. The lowest BCUT2D eigenvalue weighted by Gasteiger charge is -2.35. The fraction of sp³-hybridized carbons (Fsp3) is 0.435. The molecule has 4 rings (SSSR count). The lowest BCUT2D eigenvalue weighted by Crippen LogP contribution is -2.40. The van der Waals surface area contributed by atoms with Crippen LogP contribution in [0, 0.1) is 17.8 Å². The molecule has 0 saturated carbocycles. The van der Waals surface area contributed by atoms with E-state index in [0.717, 1.165) is 36.7 Å². The number of carbonyl (C=O) groups excluding carboxylic acids is 1. The Morgan fingerprint density at radius 3 is 2.56 bits per heavy atom. The number of anilines is 1. The summed E-state index contributed by atoms with van der Waals surface area (Å²) in [5, 5.41) is 0. The molecule has 0 amide bonds. The zero-order valence-electron chi connectivity index (χ0n) is 16.1. The van der Waals surface area contributed by atoms with Gasteiger partial charge < -0.3 is 4.90 Å². The zero-order valence-corrected chi connectivity index (χ0v) is 16.1. The average Bonchev–Trinajstić information content (AvgIpc) is 2.66. The van der Waals surface area contributed by atoms with Gasteiger partial charge in [0.15, 0.2) is 5.78 Å². The van der Waals surface area contributed by atoms with E-state index in [-0.39, 0.29) is 11.7 Å². The third kappa shape index (κ3) is 4.10. The fourth-order valence-corrected chi connectivity index (χ4v) is 4.39. The smallest absolute Gasteiger partial charge is 0.225 e. The van der Waals surface area contributed by atoms with Gasteiger partial charge in [0.1, 0.15) is 0 Å². The lowest BCUT2D eigenvalue weighted by molar-refractivity contribution is 0.0957. The summed E-state index contributed by atoms with van der Waals surface area (Å²) < 4.78 is 0. The van der Waals surface area contributed by atoms with Crippen LogP contribution in [0.2, 0.25) is 0 Å². The predicted molar refractivity (Wildman–Crippen MR) is 109 cm³/mol. The van der Waals surface area contributed by atoms with Crippen LogP contribution in [-0.4, -0.2) is 28.8 Å². The summed E-state index contributed by atoms with van der Waals surface area (Å²) in [6.45, 7) is 6.56. The van der Waals surface area contributed by atoms with E-state index >= 15 is 0 Å². The molecule has 2 aliphatic rings. The second kappa shape index (κ2) is 7.63. The van der Waals surface area contributed by atoms with Crippen LogP contribution < -0.4 is 4.90 Å². The first-order valence-electron chi connectivity index (χ1n) is 9.96. The number of hydrogen-bond donors (Lipinski definition) is 0. The molecule has 1 fully saturated rings. The minimum atomic E-state index is 0.158. The summed E-state index contributed by atoms with van der Waals surface area (Å²) in [6.07, 6.45) is 8.62. The van der Waals surface area contributed by atoms with Gasteiger partial charge in [-0.3, -0.25) is 4.79 Å². The van der Waals surface area contributed by atoms with Gasteiger partial charge in [-0.1, -0.05) is 56.3 Å². The van der Waals surface area contributed by atoms with E-state index in [1.54, 1.807) is 6.20 Å². The van der Waals surface area contributed by atoms with Gasteiger partial charge in [-0.2, -0.15) is 0 Å². The molecule has 4 nitrogen and oxygen atoms in total. The summed E-state index contributed by atoms with van der Waals surface area (Å²) in [6, 6.07) is 10.2. The van der Waals surface area contributed by atoms with E-state index in [0.29, 0.717) is 23.8 Å². The van der Waals surface area contributed by atoms with Gasteiger partial charge in [0.25, 0.3) is 0 Å².